The number of hydrogen-bond donors (Lipinski definition) is 1. The van der Waals surface area contributed by atoms with Crippen LogP contribution in [0.25, 0.3) is 0 Å². The van der Waals surface area contributed by atoms with Gasteiger partial charge in [0.05, 0.1) is 12.2 Å². The summed E-state index contributed by atoms with van der Waals surface area (Å²) >= 11 is 0. The van der Waals surface area contributed by atoms with Gasteiger partial charge in [-0.25, -0.2) is 4.79 Å². The molecule has 1 aromatic heterocycles. The third-order valence-electron chi connectivity index (χ3n) is 5.60. The van der Waals surface area contributed by atoms with Crippen LogP contribution >= 0.6 is 0 Å². The molecule has 5 heteroatoms. The molecule has 2 heterocycles. The minimum atomic E-state index is -0.0570. The molecule has 5 nitrogen and oxygen atoms in total. The lowest BCUT2D eigenvalue weighted by atomic mass is 9.81. The predicted octanol–water partition coefficient (Wildman–Crippen LogP) is 3.52. The Kier molecular flexibility index (Phi) is 3.59. The Hall–Kier alpha value is -2.30. The van der Waals surface area contributed by atoms with Gasteiger partial charge in [-0.3, -0.25) is 9.58 Å². The Labute approximate surface area is 142 Å². The maximum Gasteiger partial charge on any atom is 0.322 e. The molecule has 1 atom stereocenters. The fourth-order valence-corrected chi connectivity index (χ4v) is 4.30. The van der Waals surface area contributed by atoms with Crippen molar-refractivity contribution in [2.75, 3.05) is 11.4 Å². The number of aryl methyl sites for hydroxylation is 1. The van der Waals surface area contributed by atoms with E-state index in [9.17, 15) is 4.79 Å². The molecule has 0 radical (unpaired) electrons. The molecule has 1 fully saturated rings. The normalized spacial score (nSPS) is 19.5. The average molecular weight is 324 g/mol. The van der Waals surface area contributed by atoms with Gasteiger partial charge in [-0.15, -0.1) is 0 Å². The van der Waals surface area contributed by atoms with E-state index in [2.05, 4.69) is 28.6 Å². The van der Waals surface area contributed by atoms with Crippen LogP contribution in [0.5, 0.6) is 0 Å². The van der Waals surface area contributed by atoms with E-state index in [4.69, 9.17) is 0 Å². The van der Waals surface area contributed by atoms with Crippen molar-refractivity contribution in [3.05, 3.63) is 47.8 Å². The lowest BCUT2D eigenvalue weighted by Gasteiger charge is -2.25. The van der Waals surface area contributed by atoms with Gasteiger partial charge in [0.2, 0.25) is 0 Å². The van der Waals surface area contributed by atoms with Crippen molar-refractivity contribution in [1.29, 1.82) is 0 Å². The fraction of sp³-hybridized carbons (Fsp3) is 0.474. The molecule has 1 aliphatic carbocycles. The van der Waals surface area contributed by atoms with E-state index in [1.807, 2.05) is 31.1 Å². The number of nitrogens with one attached hydrogen (secondary N) is 1. The zero-order valence-corrected chi connectivity index (χ0v) is 14.3. The van der Waals surface area contributed by atoms with E-state index in [-0.39, 0.29) is 17.5 Å². The van der Waals surface area contributed by atoms with Gasteiger partial charge in [-0.05, 0) is 31.4 Å². The Morgan fingerprint density at radius 2 is 2.04 bits per heavy atom. The first-order chi connectivity index (χ1) is 11.6. The number of rotatable bonds is 2. The number of benzene rings is 1. The van der Waals surface area contributed by atoms with Gasteiger partial charge < -0.3 is 5.32 Å². The van der Waals surface area contributed by atoms with Crippen LogP contribution in [-0.2, 0) is 12.5 Å². The molecule has 1 spiro atoms. The van der Waals surface area contributed by atoms with Crippen molar-refractivity contribution in [1.82, 2.24) is 15.1 Å². The van der Waals surface area contributed by atoms with Crippen molar-refractivity contribution >= 4 is 11.7 Å². The standard InChI is InChI=1S/C19H24N4O/c1-14(15-11-20-22(2)12-15)21-18(24)23-13-19(9-5-6-10-19)16-7-3-4-8-17(16)23/h3-4,7-8,11-12,14H,5-6,9-10,13H2,1-2H3,(H,21,24). The summed E-state index contributed by atoms with van der Waals surface area (Å²) < 4.78 is 1.76. The number of carbonyl (C=O) groups is 1. The van der Waals surface area contributed by atoms with Crippen LogP contribution < -0.4 is 10.2 Å². The molecule has 2 amide bonds. The lowest BCUT2D eigenvalue weighted by Crippen LogP contribution is -2.43. The highest BCUT2D eigenvalue weighted by molar-refractivity contribution is 5.95. The second-order valence-corrected chi connectivity index (χ2v) is 7.21. The summed E-state index contributed by atoms with van der Waals surface area (Å²) in [6, 6.07) is 8.34. The van der Waals surface area contributed by atoms with E-state index < -0.39 is 0 Å². The van der Waals surface area contributed by atoms with Crippen LogP contribution in [0.1, 0.15) is 49.8 Å². The third-order valence-corrected chi connectivity index (χ3v) is 5.60. The van der Waals surface area contributed by atoms with Crippen molar-refractivity contribution in [3.8, 4) is 0 Å². The van der Waals surface area contributed by atoms with E-state index in [1.54, 1.807) is 10.9 Å². The minimum absolute atomic E-state index is 0.0115. The maximum absolute atomic E-state index is 12.9. The largest absolute Gasteiger partial charge is 0.331 e. The summed E-state index contributed by atoms with van der Waals surface area (Å²) in [5.41, 5.74) is 3.63. The van der Waals surface area contributed by atoms with Crippen LogP contribution in [0.4, 0.5) is 10.5 Å². The number of amides is 2. The molecule has 4 rings (SSSR count). The molecule has 2 aromatic rings. The molecule has 1 aromatic carbocycles. The second-order valence-electron chi connectivity index (χ2n) is 7.21. The number of urea groups is 1. The second kappa shape index (κ2) is 5.65. The summed E-state index contributed by atoms with van der Waals surface area (Å²) in [7, 11) is 1.89. The minimum Gasteiger partial charge on any atom is -0.331 e. The summed E-state index contributed by atoms with van der Waals surface area (Å²) in [6.07, 6.45) is 8.65. The maximum atomic E-state index is 12.9. The predicted molar refractivity (Wildman–Crippen MR) is 94.1 cm³/mol. The van der Waals surface area contributed by atoms with Gasteiger partial charge in [-0.1, -0.05) is 31.0 Å². The zero-order chi connectivity index (χ0) is 16.7. The summed E-state index contributed by atoms with van der Waals surface area (Å²) in [6.45, 7) is 2.81. The number of fused-ring (bicyclic) bond motifs is 2. The monoisotopic (exact) mass is 324 g/mol. The van der Waals surface area contributed by atoms with Gasteiger partial charge in [0, 0.05) is 36.5 Å². The zero-order valence-electron chi connectivity index (χ0n) is 14.3. The Bertz CT molecular complexity index is 760. The molecule has 2 aliphatic rings. The van der Waals surface area contributed by atoms with Crippen molar-refractivity contribution in [2.45, 2.75) is 44.1 Å². The summed E-state index contributed by atoms with van der Waals surface area (Å²) in [5.74, 6) is 0. The Balaban J connectivity index is 1.57. The number of aromatic nitrogens is 2. The van der Waals surface area contributed by atoms with E-state index in [0.717, 1.165) is 17.8 Å². The van der Waals surface area contributed by atoms with Crippen LogP contribution in [-0.4, -0.2) is 22.4 Å². The molecule has 1 saturated carbocycles. The van der Waals surface area contributed by atoms with Gasteiger partial charge in [0.1, 0.15) is 0 Å². The molecular formula is C19H24N4O. The number of anilines is 1. The van der Waals surface area contributed by atoms with Crippen molar-refractivity contribution in [3.63, 3.8) is 0 Å². The first kappa shape index (κ1) is 15.2. The first-order valence-corrected chi connectivity index (χ1v) is 8.75. The molecule has 0 bridgehead atoms. The Morgan fingerprint density at radius 1 is 1.29 bits per heavy atom. The fourth-order valence-electron chi connectivity index (χ4n) is 4.30. The molecule has 24 heavy (non-hydrogen) atoms. The highest BCUT2D eigenvalue weighted by Gasteiger charge is 2.46. The SMILES string of the molecule is CC(NC(=O)N1CC2(CCCC2)c2ccccc21)c1cnn(C)c1. The highest BCUT2D eigenvalue weighted by Crippen LogP contribution is 2.50. The van der Waals surface area contributed by atoms with Crippen molar-refractivity contribution < 1.29 is 4.79 Å². The van der Waals surface area contributed by atoms with Gasteiger partial charge in [0.25, 0.3) is 0 Å². The smallest absolute Gasteiger partial charge is 0.322 e. The van der Waals surface area contributed by atoms with E-state index >= 15 is 0 Å². The first-order valence-electron chi connectivity index (χ1n) is 8.75. The number of para-hydroxylation sites is 1. The molecule has 1 unspecified atom stereocenters. The molecule has 1 aliphatic heterocycles. The highest BCUT2D eigenvalue weighted by atomic mass is 16.2. The molecule has 0 saturated heterocycles. The van der Waals surface area contributed by atoms with Crippen LogP contribution in [0, 0.1) is 0 Å². The van der Waals surface area contributed by atoms with Crippen molar-refractivity contribution in [2.24, 2.45) is 7.05 Å². The Morgan fingerprint density at radius 3 is 2.75 bits per heavy atom. The molecule has 126 valence electrons. The number of hydrogen-bond acceptors (Lipinski definition) is 2. The van der Waals surface area contributed by atoms with E-state index in [0.29, 0.717) is 0 Å². The molecule has 1 N–H and O–H groups in total. The molecular weight excluding hydrogens is 300 g/mol. The average Bonchev–Trinajstić information content (AvgIpc) is 3.29. The van der Waals surface area contributed by atoms with Crippen LogP contribution in [0.3, 0.4) is 0 Å². The van der Waals surface area contributed by atoms with Crippen LogP contribution in [0.15, 0.2) is 36.7 Å². The lowest BCUT2D eigenvalue weighted by molar-refractivity contribution is 0.242. The van der Waals surface area contributed by atoms with Gasteiger partial charge in [-0.2, -0.15) is 5.10 Å². The van der Waals surface area contributed by atoms with Gasteiger partial charge >= 0.3 is 6.03 Å². The van der Waals surface area contributed by atoms with E-state index in [1.165, 1.54) is 31.2 Å². The quantitative estimate of drug-likeness (QED) is 0.919. The third kappa shape index (κ3) is 2.39. The van der Waals surface area contributed by atoms with Gasteiger partial charge in [0.15, 0.2) is 0 Å². The van der Waals surface area contributed by atoms with Crippen LogP contribution in [0.2, 0.25) is 0 Å². The number of carbonyl (C=O) groups excluding carboxylic acids is 1. The summed E-state index contributed by atoms with van der Waals surface area (Å²) in [4.78, 5) is 14.9. The summed E-state index contributed by atoms with van der Waals surface area (Å²) in [5, 5.41) is 7.32. The number of nitrogens with zero attached hydrogens (tertiary/aromatic N) is 3. The topological polar surface area (TPSA) is 50.2 Å².